The van der Waals surface area contributed by atoms with Gasteiger partial charge in [0.25, 0.3) is 5.56 Å². The number of rotatable bonds is 6. The Morgan fingerprint density at radius 3 is 2.30 bits per heavy atom. The van der Waals surface area contributed by atoms with Crippen LogP contribution in [-0.2, 0) is 20.8 Å². The quantitative estimate of drug-likeness (QED) is 0.372. The minimum absolute atomic E-state index is 0.0993. The van der Waals surface area contributed by atoms with Crippen molar-refractivity contribution in [3.8, 4) is 0 Å². The standard InChI is InChI=1S/C10H12N4O6/c15-6(11-3-8(17)12-4-9(18)19)1-5-2-7(16)14-10(20)13-5/h2H,1,3-4H2,(H,11,15)(H,12,17)(H,18,19)(H2,13,14,16,20). The summed E-state index contributed by atoms with van der Waals surface area (Å²) in [6.07, 6.45) is -0.286. The molecule has 1 aromatic heterocycles. The van der Waals surface area contributed by atoms with Crippen molar-refractivity contribution in [2.75, 3.05) is 13.1 Å². The molecule has 108 valence electrons. The summed E-state index contributed by atoms with van der Waals surface area (Å²) in [6, 6.07) is 1.05. The lowest BCUT2D eigenvalue weighted by Crippen LogP contribution is -2.39. The van der Waals surface area contributed by atoms with Gasteiger partial charge in [0, 0.05) is 11.8 Å². The van der Waals surface area contributed by atoms with Gasteiger partial charge >= 0.3 is 11.7 Å². The summed E-state index contributed by atoms with van der Waals surface area (Å²) >= 11 is 0. The molecular weight excluding hydrogens is 272 g/mol. The first-order valence-corrected chi connectivity index (χ1v) is 5.44. The number of carbonyl (C=O) groups excluding carboxylic acids is 2. The summed E-state index contributed by atoms with van der Waals surface area (Å²) in [5.74, 6) is -2.47. The number of amides is 2. The van der Waals surface area contributed by atoms with E-state index in [1.165, 1.54) is 0 Å². The van der Waals surface area contributed by atoms with Crippen LogP contribution in [0.4, 0.5) is 0 Å². The zero-order valence-electron chi connectivity index (χ0n) is 10.2. The van der Waals surface area contributed by atoms with Crippen molar-refractivity contribution in [2.45, 2.75) is 6.42 Å². The first-order valence-electron chi connectivity index (χ1n) is 5.44. The Labute approximate surface area is 111 Å². The lowest BCUT2D eigenvalue weighted by atomic mass is 10.3. The molecule has 10 heteroatoms. The van der Waals surface area contributed by atoms with E-state index >= 15 is 0 Å². The Balaban J connectivity index is 2.44. The molecule has 0 aliphatic heterocycles. The molecule has 0 fully saturated rings. The van der Waals surface area contributed by atoms with Crippen LogP contribution in [0.2, 0.25) is 0 Å². The van der Waals surface area contributed by atoms with Crippen LogP contribution in [0.5, 0.6) is 0 Å². The monoisotopic (exact) mass is 284 g/mol. The number of carboxylic acid groups (broad SMARTS) is 1. The van der Waals surface area contributed by atoms with E-state index < -0.39 is 42.1 Å². The molecule has 0 atom stereocenters. The van der Waals surface area contributed by atoms with Crippen molar-refractivity contribution < 1.29 is 19.5 Å². The predicted molar refractivity (Wildman–Crippen MR) is 65.0 cm³/mol. The van der Waals surface area contributed by atoms with Gasteiger partial charge in [0.15, 0.2) is 0 Å². The first kappa shape index (κ1) is 15.1. The fourth-order valence-electron chi connectivity index (χ4n) is 1.27. The molecule has 0 radical (unpaired) electrons. The second-order valence-corrected chi connectivity index (χ2v) is 3.74. The fraction of sp³-hybridized carbons (Fsp3) is 0.300. The highest BCUT2D eigenvalue weighted by Gasteiger charge is 2.08. The number of aliphatic carboxylic acids is 1. The van der Waals surface area contributed by atoms with Crippen LogP contribution in [0, 0.1) is 0 Å². The topological polar surface area (TPSA) is 161 Å². The van der Waals surface area contributed by atoms with Gasteiger partial charge in [0.2, 0.25) is 11.8 Å². The van der Waals surface area contributed by atoms with E-state index in [1.807, 2.05) is 4.98 Å². The molecule has 0 aromatic carbocycles. The molecule has 20 heavy (non-hydrogen) atoms. The Morgan fingerprint density at radius 1 is 1.05 bits per heavy atom. The molecule has 1 aromatic rings. The van der Waals surface area contributed by atoms with Gasteiger partial charge in [-0.2, -0.15) is 0 Å². The molecule has 0 spiro atoms. The molecule has 0 saturated carbocycles. The summed E-state index contributed by atoms with van der Waals surface area (Å²) in [7, 11) is 0. The Kier molecular flexibility index (Phi) is 5.21. The third-order valence-electron chi connectivity index (χ3n) is 2.05. The smallest absolute Gasteiger partial charge is 0.325 e. The largest absolute Gasteiger partial charge is 0.480 e. The van der Waals surface area contributed by atoms with Gasteiger partial charge < -0.3 is 20.7 Å². The maximum atomic E-state index is 11.4. The molecule has 1 heterocycles. The van der Waals surface area contributed by atoms with Crippen LogP contribution >= 0.6 is 0 Å². The van der Waals surface area contributed by atoms with E-state index in [1.54, 1.807) is 0 Å². The molecular formula is C10H12N4O6. The zero-order chi connectivity index (χ0) is 15.1. The highest BCUT2D eigenvalue weighted by Crippen LogP contribution is 1.87. The Bertz CT molecular complexity index is 603. The van der Waals surface area contributed by atoms with Crippen LogP contribution in [0.25, 0.3) is 0 Å². The highest BCUT2D eigenvalue weighted by molar-refractivity contribution is 5.87. The number of hydrogen-bond donors (Lipinski definition) is 5. The van der Waals surface area contributed by atoms with Gasteiger partial charge in [-0.25, -0.2) is 4.79 Å². The molecule has 0 aliphatic rings. The number of H-pyrrole nitrogens is 2. The van der Waals surface area contributed by atoms with E-state index in [9.17, 15) is 24.0 Å². The maximum Gasteiger partial charge on any atom is 0.325 e. The van der Waals surface area contributed by atoms with E-state index in [0.29, 0.717) is 0 Å². The summed E-state index contributed by atoms with van der Waals surface area (Å²) in [5, 5.41) is 12.6. The Hall–Kier alpha value is -2.91. The van der Waals surface area contributed by atoms with Gasteiger partial charge in [-0.05, 0) is 0 Å². The number of aromatic nitrogens is 2. The van der Waals surface area contributed by atoms with Crippen molar-refractivity contribution in [3.05, 3.63) is 32.6 Å². The molecule has 1 rings (SSSR count). The number of hydrogen-bond acceptors (Lipinski definition) is 5. The van der Waals surface area contributed by atoms with Crippen LogP contribution in [0.3, 0.4) is 0 Å². The normalized spacial score (nSPS) is 9.80. The third-order valence-corrected chi connectivity index (χ3v) is 2.05. The van der Waals surface area contributed by atoms with Gasteiger partial charge in [-0.3, -0.25) is 24.2 Å². The van der Waals surface area contributed by atoms with Crippen molar-refractivity contribution in [1.82, 2.24) is 20.6 Å². The predicted octanol–water partition coefficient (Wildman–Crippen LogP) is -3.08. The lowest BCUT2D eigenvalue weighted by Gasteiger charge is -2.05. The minimum atomic E-state index is -1.20. The molecule has 0 saturated heterocycles. The zero-order valence-corrected chi connectivity index (χ0v) is 10.2. The molecule has 0 unspecified atom stereocenters. The first-order chi connectivity index (χ1) is 9.36. The fourth-order valence-corrected chi connectivity index (χ4v) is 1.27. The second-order valence-electron chi connectivity index (χ2n) is 3.74. The van der Waals surface area contributed by atoms with E-state index in [-0.39, 0.29) is 12.1 Å². The summed E-state index contributed by atoms with van der Waals surface area (Å²) < 4.78 is 0. The molecule has 0 bridgehead atoms. The van der Waals surface area contributed by atoms with Crippen molar-refractivity contribution in [3.63, 3.8) is 0 Å². The number of carbonyl (C=O) groups is 3. The molecule has 0 aliphatic carbocycles. The lowest BCUT2D eigenvalue weighted by molar-refractivity contribution is -0.137. The number of nitrogens with one attached hydrogen (secondary N) is 4. The SMILES string of the molecule is O=C(O)CNC(=O)CNC(=O)Cc1cc(=O)[nH]c(=O)[nH]1. The Morgan fingerprint density at radius 2 is 1.70 bits per heavy atom. The van der Waals surface area contributed by atoms with Gasteiger partial charge in [-0.15, -0.1) is 0 Å². The average Bonchev–Trinajstić information content (AvgIpc) is 2.32. The number of aromatic amines is 2. The third kappa shape index (κ3) is 5.62. The van der Waals surface area contributed by atoms with Gasteiger partial charge in [-0.1, -0.05) is 0 Å². The summed E-state index contributed by atoms with van der Waals surface area (Å²) in [6.45, 7) is -0.949. The van der Waals surface area contributed by atoms with Crippen LogP contribution in [0.15, 0.2) is 15.7 Å². The van der Waals surface area contributed by atoms with Crippen molar-refractivity contribution in [2.24, 2.45) is 0 Å². The van der Waals surface area contributed by atoms with E-state index in [2.05, 4.69) is 15.6 Å². The van der Waals surface area contributed by atoms with Crippen LogP contribution < -0.4 is 21.9 Å². The highest BCUT2D eigenvalue weighted by atomic mass is 16.4. The second kappa shape index (κ2) is 6.87. The van der Waals surface area contributed by atoms with E-state index in [4.69, 9.17) is 5.11 Å². The minimum Gasteiger partial charge on any atom is -0.480 e. The van der Waals surface area contributed by atoms with Crippen molar-refractivity contribution in [1.29, 1.82) is 0 Å². The molecule has 5 N–H and O–H groups in total. The van der Waals surface area contributed by atoms with Gasteiger partial charge in [0.1, 0.15) is 6.54 Å². The van der Waals surface area contributed by atoms with Crippen LogP contribution in [-0.4, -0.2) is 45.9 Å². The van der Waals surface area contributed by atoms with Gasteiger partial charge in [0.05, 0.1) is 13.0 Å². The van der Waals surface area contributed by atoms with Crippen molar-refractivity contribution >= 4 is 17.8 Å². The van der Waals surface area contributed by atoms with Crippen LogP contribution in [0.1, 0.15) is 5.69 Å². The average molecular weight is 284 g/mol. The summed E-state index contributed by atoms with van der Waals surface area (Å²) in [5.41, 5.74) is -1.28. The maximum absolute atomic E-state index is 11.4. The van der Waals surface area contributed by atoms with E-state index in [0.717, 1.165) is 6.07 Å². The summed E-state index contributed by atoms with van der Waals surface area (Å²) in [4.78, 5) is 58.9. The number of carboxylic acids is 1. The molecule has 10 nitrogen and oxygen atoms in total. The molecule has 2 amide bonds.